The van der Waals surface area contributed by atoms with Gasteiger partial charge in [-0.25, -0.2) is 12.8 Å². The number of hydrogen-bond donors (Lipinski definition) is 1. The molecule has 1 saturated carbocycles. The Balaban J connectivity index is 2.44. The Hall–Kier alpha value is -1.40. The Kier molecular flexibility index (Phi) is 4.45. The summed E-state index contributed by atoms with van der Waals surface area (Å²) in [6.45, 7) is 3.82. The van der Waals surface area contributed by atoms with Crippen molar-refractivity contribution in [3.63, 3.8) is 0 Å². The van der Waals surface area contributed by atoms with Crippen LogP contribution in [0.2, 0.25) is 0 Å². The van der Waals surface area contributed by atoms with E-state index in [9.17, 15) is 12.8 Å². The zero-order chi connectivity index (χ0) is 14.8. The molecule has 0 bridgehead atoms. The fraction of sp³-hybridized carbons (Fsp3) is 0.429. The second kappa shape index (κ2) is 5.93. The molecule has 6 heteroatoms. The van der Waals surface area contributed by atoms with Gasteiger partial charge in [0.05, 0.1) is 5.69 Å². The Morgan fingerprint density at radius 3 is 2.65 bits per heavy atom. The van der Waals surface area contributed by atoms with Crippen LogP contribution < -0.4 is 5.73 Å². The largest absolute Gasteiger partial charge is 0.398 e. The minimum Gasteiger partial charge on any atom is -0.398 e. The van der Waals surface area contributed by atoms with Crippen molar-refractivity contribution in [2.24, 2.45) is 0 Å². The highest BCUT2D eigenvalue weighted by atomic mass is 32.2. The van der Waals surface area contributed by atoms with E-state index in [0.29, 0.717) is 0 Å². The summed E-state index contributed by atoms with van der Waals surface area (Å²) in [6, 6.07) is 3.36. The van der Waals surface area contributed by atoms with E-state index in [1.165, 1.54) is 10.4 Å². The number of sulfonamides is 1. The first-order valence-electron chi connectivity index (χ1n) is 6.64. The molecule has 0 saturated heterocycles. The number of rotatable bonds is 5. The van der Waals surface area contributed by atoms with Crippen molar-refractivity contribution in [2.75, 3.05) is 12.3 Å². The van der Waals surface area contributed by atoms with E-state index in [1.54, 1.807) is 6.08 Å². The van der Waals surface area contributed by atoms with Crippen LogP contribution in [0.3, 0.4) is 0 Å². The summed E-state index contributed by atoms with van der Waals surface area (Å²) in [7, 11) is -3.80. The highest BCUT2D eigenvalue weighted by Gasteiger charge is 2.33. The van der Waals surface area contributed by atoms with Gasteiger partial charge in [0.25, 0.3) is 0 Å². The Labute approximate surface area is 119 Å². The van der Waals surface area contributed by atoms with Crippen molar-refractivity contribution in [1.29, 1.82) is 0 Å². The van der Waals surface area contributed by atoms with Gasteiger partial charge in [0.2, 0.25) is 10.0 Å². The summed E-state index contributed by atoms with van der Waals surface area (Å²) in [5.74, 6) is -0.609. The van der Waals surface area contributed by atoms with Gasteiger partial charge in [-0.3, -0.25) is 0 Å². The van der Waals surface area contributed by atoms with E-state index in [0.717, 1.165) is 37.8 Å². The first-order valence-corrected chi connectivity index (χ1v) is 8.08. The first kappa shape index (κ1) is 15.0. The van der Waals surface area contributed by atoms with Crippen molar-refractivity contribution in [3.05, 3.63) is 36.7 Å². The van der Waals surface area contributed by atoms with Gasteiger partial charge in [-0.15, -0.1) is 6.58 Å². The predicted molar refractivity (Wildman–Crippen MR) is 77.2 cm³/mol. The fourth-order valence-corrected chi connectivity index (χ4v) is 4.41. The third kappa shape index (κ3) is 2.86. The topological polar surface area (TPSA) is 63.4 Å². The number of nitrogens with two attached hydrogens (primary N) is 1. The molecule has 20 heavy (non-hydrogen) atoms. The second-order valence-electron chi connectivity index (χ2n) is 4.98. The molecule has 2 rings (SSSR count). The third-order valence-corrected chi connectivity index (χ3v) is 5.58. The maximum Gasteiger partial charge on any atom is 0.245 e. The molecular weight excluding hydrogens is 279 g/mol. The molecule has 0 spiro atoms. The van der Waals surface area contributed by atoms with Gasteiger partial charge >= 0.3 is 0 Å². The molecule has 0 aromatic heterocycles. The lowest BCUT2D eigenvalue weighted by atomic mass is 10.2. The highest BCUT2D eigenvalue weighted by Crippen LogP contribution is 2.30. The average Bonchev–Trinajstić information content (AvgIpc) is 2.92. The molecule has 0 heterocycles. The molecule has 0 unspecified atom stereocenters. The fourth-order valence-electron chi connectivity index (χ4n) is 2.62. The molecular formula is C14H19FN2O2S. The molecule has 1 aromatic rings. The van der Waals surface area contributed by atoms with E-state index in [4.69, 9.17) is 5.73 Å². The van der Waals surface area contributed by atoms with E-state index in [1.807, 2.05) is 0 Å². The molecule has 1 aliphatic rings. The second-order valence-corrected chi connectivity index (χ2v) is 6.84. The lowest BCUT2D eigenvalue weighted by Gasteiger charge is -2.27. The lowest BCUT2D eigenvalue weighted by Crippen LogP contribution is -2.39. The van der Waals surface area contributed by atoms with Crippen LogP contribution in [0.25, 0.3) is 0 Å². The van der Waals surface area contributed by atoms with Gasteiger partial charge in [-0.2, -0.15) is 4.31 Å². The SMILES string of the molecule is C=CCN(C1CCCC1)S(=O)(=O)c1cc(F)ccc1N. The van der Waals surface area contributed by atoms with Gasteiger partial charge in [0, 0.05) is 12.6 Å². The summed E-state index contributed by atoms with van der Waals surface area (Å²) in [4.78, 5) is -0.161. The standard InChI is InChI=1S/C14H19FN2O2S/c1-2-9-17(12-5-3-4-6-12)20(18,19)14-10-11(15)7-8-13(14)16/h2,7-8,10,12H,1,3-6,9,16H2. The van der Waals surface area contributed by atoms with E-state index in [2.05, 4.69) is 6.58 Å². The van der Waals surface area contributed by atoms with Crippen LogP contribution in [0.1, 0.15) is 25.7 Å². The van der Waals surface area contributed by atoms with Crippen molar-refractivity contribution in [3.8, 4) is 0 Å². The smallest absolute Gasteiger partial charge is 0.245 e. The summed E-state index contributed by atoms with van der Waals surface area (Å²) in [6.07, 6.45) is 5.20. The zero-order valence-electron chi connectivity index (χ0n) is 11.3. The maximum atomic E-state index is 13.3. The molecule has 2 N–H and O–H groups in total. The van der Waals surface area contributed by atoms with Gasteiger partial charge < -0.3 is 5.73 Å². The highest BCUT2D eigenvalue weighted by molar-refractivity contribution is 7.89. The molecule has 0 atom stereocenters. The Bertz CT molecular complexity index is 595. The van der Waals surface area contributed by atoms with Crippen molar-refractivity contribution < 1.29 is 12.8 Å². The van der Waals surface area contributed by atoms with Crippen LogP contribution in [0.15, 0.2) is 35.7 Å². The summed E-state index contributed by atoms with van der Waals surface area (Å²) < 4.78 is 40.2. The zero-order valence-corrected chi connectivity index (χ0v) is 12.1. The lowest BCUT2D eigenvalue weighted by molar-refractivity contribution is 0.347. The minimum atomic E-state index is -3.80. The number of benzene rings is 1. The summed E-state index contributed by atoms with van der Waals surface area (Å²) in [5.41, 5.74) is 5.78. The van der Waals surface area contributed by atoms with Gasteiger partial charge in [0.1, 0.15) is 10.7 Å². The van der Waals surface area contributed by atoms with Crippen LogP contribution >= 0.6 is 0 Å². The van der Waals surface area contributed by atoms with Gasteiger partial charge in [0.15, 0.2) is 0 Å². The normalized spacial score (nSPS) is 16.7. The molecule has 0 aliphatic heterocycles. The van der Waals surface area contributed by atoms with Gasteiger partial charge in [-0.05, 0) is 31.0 Å². The van der Waals surface area contributed by atoms with Crippen molar-refractivity contribution in [2.45, 2.75) is 36.6 Å². The van der Waals surface area contributed by atoms with Crippen molar-refractivity contribution in [1.82, 2.24) is 4.31 Å². The maximum absolute atomic E-state index is 13.3. The molecule has 110 valence electrons. The number of nitrogen functional groups attached to an aromatic ring is 1. The number of hydrogen-bond acceptors (Lipinski definition) is 3. The molecule has 1 aliphatic carbocycles. The van der Waals surface area contributed by atoms with E-state index >= 15 is 0 Å². The van der Waals surface area contributed by atoms with Crippen molar-refractivity contribution >= 4 is 15.7 Å². The average molecular weight is 298 g/mol. The third-order valence-electron chi connectivity index (χ3n) is 3.60. The quantitative estimate of drug-likeness (QED) is 0.671. The number of halogens is 1. The molecule has 0 amide bonds. The molecule has 0 radical (unpaired) electrons. The minimum absolute atomic E-state index is 0.0549. The molecule has 1 aromatic carbocycles. The predicted octanol–water partition coefficient (Wildman–Crippen LogP) is 2.53. The van der Waals surface area contributed by atoms with E-state index < -0.39 is 15.8 Å². The molecule has 4 nitrogen and oxygen atoms in total. The van der Waals surface area contributed by atoms with Gasteiger partial charge in [-0.1, -0.05) is 18.9 Å². The number of anilines is 1. The Morgan fingerprint density at radius 2 is 2.05 bits per heavy atom. The van der Waals surface area contributed by atoms with Crippen LogP contribution in [-0.4, -0.2) is 25.3 Å². The monoisotopic (exact) mass is 298 g/mol. The van der Waals surface area contributed by atoms with Crippen LogP contribution in [0.5, 0.6) is 0 Å². The molecule has 1 fully saturated rings. The van der Waals surface area contributed by atoms with Crippen LogP contribution in [-0.2, 0) is 10.0 Å². The summed E-state index contributed by atoms with van der Waals surface area (Å²) >= 11 is 0. The van der Waals surface area contributed by atoms with Crippen LogP contribution in [0.4, 0.5) is 10.1 Å². The number of nitrogens with zero attached hydrogens (tertiary/aromatic N) is 1. The Morgan fingerprint density at radius 1 is 1.40 bits per heavy atom. The summed E-state index contributed by atoms with van der Waals surface area (Å²) in [5, 5.41) is 0. The van der Waals surface area contributed by atoms with Crippen LogP contribution in [0, 0.1) is 5.82 Å². The van der Waals surface area contributed by atoms with E-state index in [-0.39, 0.29) is 23.2 Å². The first-order chi connectivity index (χ1) is 9.46.